The molecule has 0 fully saturated rings. The van der Waals surface area contributed by atoms with E-state index in [1.54, 1.807) is 7.11 Å². The SMILES string of the molecule is CCCc1ccc(-c2[c]cccc2OC)cc1. The van der Waals surface area contributed by atoms with Crippen molar-refractivity contribution in [2.24, 2.45) is 0 Å². The number of hydrogen-bond donors (Lipinski definition) is 0. The van der Waals surface area contributed by atoms with Gasteiger partial charge in [0.2, 0.25) is 0 Å². The first-order valence-corrected chi connectivity index (χ1v) is 5.99. The van der Waals surface area contributed by atoms with Crippen LogP contribution in [0, 0.1) is 6.07 Å². The van der Waals surface area contributed by atoms with Crippen LogP contribution < -0.4 is 4.74 Å². The summed E-state index contributed by atoms with van der Waals surface area (Å²) < 4.78 is 5.35. The maximum absolute atomic E-state index is 5.35. The second kappa shape index (κ2) is 5.53. The van der Waals surface area contributed by atoms with Gasteiger partial charge in [0.15, 0.2) is 0 Å². The first-order chi connectivity index (χ1) is 8.35. The third-order valence-electron chi connectivity index (χ3n) is 2.82. The van der Waals surface area contributed by atoms with Gasteiger partial charge in [-0.3, -0.25) is 0 Å². The Morgan fingerprint density at radius 3 is 2.53 bits per heavy atom. The average molecular weight is 225 g/mol. The maximum atomic E-state index is 5.35. The van der Waals surface area contributed by atoms with Crippen LogP contribution in [0.3, 0.4) is 0 Å². The summed E-state index contributed by atoms with van der Waals surface area (Å²) in [6, 6.07) is 17.7. The van der Waals surface area contributed by atoms with Crippen molar-refractivity contribution < 1.29 is 4.74 Å². The Bertz CT molecular complexity index is 471. The number of aryl methyl sites for hydroxylation is 1. The monoisotopic (exact) mass is 225 g/mol. The van der Waals surface area contributed by atoms with E-state index < -0.39 is 0 Å². The highest BCUT2D eigenvalue weighted by atomic mass is 16.5. The molecule has 0 amide bonds. The van der Waals surface area contributed by atoms with E-state index in [1.165, 1.54) is 12.0 Å². The van der Waals surface area contributed by atoms with Crippen LogP contribution in [0.4, 0.5) is 0 Å². The molecule has 0 aliphatic carbocycles. The molecule has 0 bridgehead atoms. The van der Waals surface area contributed by atoms with Gasteiger partial charge >= 0.3 is 0 Å². The van der Waals surface area contributed by atoms with Crippen molar-refractivity contribution in [2.75, 3.05) is 7.11 Å². The second-order valence-electron chi connectivity index (χ2n) is 4.06. The summed E-state index contributed by atoms with van der Waals surface area (Å²) >= 11 is 0. The van der Waals surface area contributed by atoms with E-state index >= 15 is 0 Å². The van der Waals surface area contributed by atoms with E-state index in [0.717, 1.165) is 23.3 Å². The Morgan fingerprint density at radius 1 is 1.12 bits per heavy atom. The zero-order chi connectivity index (χ0) is 12.1. The molecule has 2 rings (SSSR count). The number of rotatable bonds is 4. The zero-order valence-electron chi connectivity index (χ0n) is 10.4. The molecule has 1 radical (unpaired) electrons. The topological polar surface area (TPSA) is 9.23 Å². The Hall–Kier alpha value is -1.76. The van der Waals surface area contributed by atoms with E-state index in [2.05, 4.69) is 37.3 Å². The third kappa shape index (κ3) is 2.68. The van der Waals surface area contributed by atoms with Gasteiger partial charge in [-0.15, -0.1) is 0 Å². The van der Waals surface area contributed by atoms with Gasteiger partial charge < -0.3 is 4.74 Å². The van der Waals surface area contributed by atoms with Crippen molar-refractivity contribution >= 4 is 0 Å². The van der Waals surface area contributed by atoms with Gasteiger partial charge in [-0.05, 0) is 29.7 Å². The van der Waals surface area contributed by atoms with Gasteiger partial charge in [-0.25, -0.2) is 0 Å². The summed E-state index contributed by atoms with van der Waals surface area (Å²) in [6.45, 7) is 2.20. The number of benzene rings is 2. The van der Waals surface area contributed by atoms with E-state index in [4.69, 9.17) is 4.74 Å². The quantitative estimate of drug-likeness (QED) is 0.760. The standard InChI is InChI=1S/C16H17O/c1-3-6-13-9-11-14(12-10-13)15-7-4-5-8-16(15)17-2/h4-5,8-12H,3,6H2,1-2H3. The van der Waals surface area contributed by atoms with Gasteiger partial charge in [0, 0.05) is 5.56 Å². The van der Waals surface area contributed by atoms with Gasteiger partial charge in [-0.1, -0.05) is 49.7 Å². The molecular weight excluding hydrogens is 208 g/mol. The Labute approximate surface area is 103 Å². The fraction of sp³-hybridized carbons (Fsp3) is 0.250. The summed E-state index contributed by atoms with van der Waals surface area (Å²) in [7, 11) is 1.69. The minimum absolute atomic E-state index is 0.871. The largest absolute Gasteiger partial charge is 0.496 e. The van der Waals surface area contributed by atoms with E-state index in [0.29, 0.717) is 0 Å². The summed E-state index contributed by atoms with van der Waals surface area (Å²) in [6.07, 6.45) is 2.32. The summed E-state index contributed by atoms with van der Waals surface area (Å²) in [5, 5.41) is 0. The molecule has 1 heteroatoms. The summed E-state index contributed by atoms with van der Waals surface area (Å²) in [4.78, 5) is 0. The molecule has 17 heavy (non-hydrogen) atoms. The highest BCUT2D eigenvalue weighted by Crippen LogP contribution is 2.29. The second-order valence-corrected chi connectivity index (χ2v) is 4.06. The molecule has 0 aliphatic heterocycles. The third-order valence-corrected chi connectivity index (χ3v) is 2.82. The summed E-state index contributed by atoms with van der Waals surface area (Å²) in [5.41, 5.74) is 3.56. The average Bonchev–Trinajstić information content (AvgIpc) is 2.40. The van der Waals surface area contributed by atoms with Gasteiger partial charge in [0.25, 0.3) is 0 Å². The molecule has 0 heterocycles. The van der Waals surface area contributed by atoms with Crippen molar-refractivity contribution in [1.82, 2.24) is 0 Å². The smallest absolute Gasteiger partial charge is 0.127 e. The van der Waals surface area contributed by atoms with E-state index in [1.807, 2.05) is 18.2 Å². The van der Waals surface area contributed by atoms with Crippen LogP contribution in [0.2, 0.25) is 0 Å². The van der Waals surface area contributed by atoms with Crippen molar-refractivity contribution in [3.63, 3.8) is 0 Å². The van der Waals surface area contributed by atoms with Gasteiger partial charge in [0.05, 0.1) is 7.11 Å². The molecule has 2 aromatic rings. The molecule has 0 N–H and O–H groups in total. The van der Waals surface area contributed by atoms with Crippen molar-refractivity contribution in [3.05, 3.63) is 54.1 Å². The lowest BCUT2D eigenvalue weighted by Gasteiger charge is -2.08. The van der Waals surface area contributed by atoms with Crippen molar-refractivity contribution in [1.29, 1.82) is 0 Å². The number of methoxy groups -OCH3 is 1. The lowest BCUT2D eigenvalue weighted by atomic mass is 10.0. The molecule has 0 aromatic heterocycles. The normalized spacial score (nSPS) is 10.2. The molecule has 0 saturated heterocycles. The lowest BCUT2D eigenvalue weighted by molar-refractivity contribution is 0.416. The van der Waals surface area contributed by atoms with Crippen LogP contribution in [0.15, 0.2) is 42.5 Å². The van der Waals surface area contributed by atoms with Crippen LogP contribution in [-0.2, 0) is 6.42 Å². The first kappa shape index (κ1) is 11.7. The van der Waals surface area contributed by atoms with Crippen LogP contribution in [0.1, 0.15) is 18.9 Å². The highest BCUT2D eigenvalue weighted by molar-refractivity contribution is 5.69. The molecule has 87 valence electrons. The fourth-order valence-electron chi connectivity index (χ4n) is 1.94. The maximum Gasteiger partial charge on any atom is 0.127 e. The van der Waals surface area contributed by atoms with Crippen molar-refractivity contribution in [2.45, 2.75) is 19.8 Å². The molecule has 2 aromatic carbocycles. The molecule has 0 saturated carbocycles. The van der Waals surface area contributed by atoms with Crippen LogP contribution in [0.5, 0.6) is 5.75 Å². The van der Waals surface area contributed by atoms with Crippen molar-refractivity contribution in [3.8, 4) is 16.9 Å². The molecule has 0 aliphatic rings. The van der Waals surface area contributed by atoms with Crippen LogP contribution >= 0.6 is 0 Å². The number of ether oxygens (including phenoxy) is 1. The molecule has 0 unspecified atom stereocenters. The van der Waals surface area contributed by atoms with Gasteiger partial charge in [0.1, 0.15) is 5.75 Å². The van der Waals surface area contributed by atoms with Gasteiger partial charge in [-0.2, -0.15) is 0 Å². The predicted octanol–water partition coefficient (Wildman–Crippen LogP) is 4.11. The molecule has 0 spiro atoms. The van der Waals surface area contributed by atoms with E-state index in [9.17, 15) is 0 Å². The Morgan fingerprint density at radius 2 is 1.88 bits per heavy atom. The summed E-state index contributed by atoms with van der Waals surface area (Å²) in [5.74, 6) is 0.871. The lowest BCUT2D eigenvalue weighted by Crippen LogP contribution is -1.88. The zero-order valence-corrected chi connectivity index (χ0v) is 10.4. The Balaban J connectivity index is 2.33. The Kier molecular flexibility index (Phi) is 3.81. The predicted molar refractivity (Wildman–Crippen MR) is 71.3 cm³/mol. The molecular formula is C16H17O. The highest BCUT2D eigenvalue weighted by Gasteiger charge is 2.04. The fourth-order valence-corrected chi connectivity index (χ4v) is 1.94. The minimum Gasteiger partial charge on any atom is -0.496 e. The first-order valence-electron chi connectivity index (χ1n) is 5.99. The number of hydrogen-bond acceptors (Lipinski definition) is 1. The molecule has 1 nitrogen and oxygen atoms in total. The molecule has 0 atom stereocenters. The van der Waals surface area contributed by atoms with Crippen LogP contribution in [-0.4, -0.2) is 7.11 Å². The van der Waals surface area contributed by atoms with E-state index in [-0.39, 0.29) is 0 Å². The minimum atomic E-state index is 0.871. The van der Waals surface area contributed by atoms with Crippen LogP contribution in [0.25, 0.3) is 11.1 Å².